The Balaban J connectivity index is 1.47. The molecule has 150 valence electrons. The number of carbonyl (C=O) groups is 2. The number of rotatable bonds is 6. The van der Waals surface area contributed by atoms with Crippen molar-refractivity contribution in [2.24, 2.45) is 0 Å². The van der Waals surface area contributed by atoms with Gasteiger partial charge in [-0.1, -0.05) is 59.8 Å². The molecule has 1 heterocycles. The topological polar surface area (TPSA) is 88.9 Å². The fraction of sp³-hybridized carbons (Fsp3) is 0.130. The lowest BCUT2D eigenvalue weighted by Gasteiger charge is -2.16. The van der Waals surface area contributed by atoms with Crippen LogP contribution < -0.4 is 10.6 Å². The van der Waals surface area contributed by atoms with Crippen molar-refractivity contribution in [3.63, 3.8) is 0 Å². The predicted octanol–water partition coefficient (Wildman–Crippen LogP) is 3.56. The number of aromatic nitrogens is 3. The highest BCUT2D eigenvalue weighted by Crippen LogP contribution is 2.18. The Morgan fingerprint density at radius 1 is 0.933 bits per heavy atom. The lowest BCUT2D eigenvalue weighted by Crippen LogP contribution is -2.28. The minimum atomic E-state index is -0.290. The van der Waals surface area contributed by atoms with Gasteiger partial charge in [0, 0.05) is 0 Å². The number of para-hydroxylation sites is 2. The molecule has 0 unspecified atom stereocenters. The van der Waals surface area contributed by atoms with Crippen molar-refractivity contribution in [1.29, 1.82) is 0 Å². The van der Waals surface area contributed by atoms with Gasteiger partial charge in [-0.2, -0.15) is 0 Å². The van der Waals surface area contributed by atoms with E-state index in [2.05, 4.69) is 20.9 Å². The lowest BCUT2D eigenvalue weighted by molar-refractivity contribution is -0.116. The Morgan fingerprint density at radius 2 is 1.63 bits per heavy atom. The van der Waals surface area contributed by atoms with Gasteiger partial charge in [0.2, 0.25) is 5.91 Å². The molecule has 1 atom stereocenters. The fourth-order valence-corrected chi connectivity index (χ4v) is 3.25. The Hall–Kier alpha value is -4.00. The first kappa shape index (κ1) is 19.3. The SMILES string of the molecule is C[C@@H](NC(=O)c1ccccc1NC(=O)Cn1nnc2ccccc21)c1ccccc1. The number of amides is 2. The van der Waals surface area contributed by atoms with Crippen LogP contribution in [0.4, 0.5) is 5.69 Å². The highest BCUT2D eigenvalue weighted by molar-refractivity contribution is 6.04. The van der Waals surface area contributed by atoms with Gasteiger partial charge in [0.1, 0.15) is 12.1 Å². The van der Waals surface area contributed by atoms with Crippen LogP contribution in [-0.4, -0.2) is 26.8 Å². The minimum Gasteiger partial charge on any atom is -0.345 e. The molecule has 0 aliphatic heterocycles. The van der Waals surface area contributed by atoms with E-state index in [-0.39, 0.29) is 24.4 Å². The first-order valence-corrected chi connectivity index (χ1v) is 9.65. The van der Waals surface area contributed by atoms with Gasteiger partial charge in [-0.05, 0) is 36.8 Å². The summed E-state index contributed by atoms with van der Waals surface area (Å²) < 4.78 is 1.53. The van der Waals surface area contributed by atoms with Gasteiger partial charge in [0.25, 0.3) is 5.91 Å². The molecule has 0 aliphatic carbocycles. The van der Waals surface area contributed by atoms with Gasteiger partial charge in [-0.3, -0.25) is 9.59 Å². The van der Waals surface area contributed by atoms with Gasteiger partial charge in [-0.15, -0.1) is 5.10 Å². The van der Waals surface area contributed by atoms with E-state index in [9.17, 15) is 9.59 Å². The smallest absolute Gasteiger partial charge is 0.253 e. The number of anilines is 1. The van der Waals surface area contributed by atoms with Crippen molar-refractivity contribution in [3.8, 4) is 0 Å². The summed E-state index contributed by atoms with van der Waals surface area (Å²) in [6.07, 6.45) is 0. The van der Waals surface area contributed by atoms with Crippen molar-refractivity contribution in [3.05, 3.63) is 90.0 Å². The van der Waals surface area contributed by atoms with Crippen LogP contribution in [0.3, 0.4) is 0 Å². The number of nitrogens with one attached hydrogen (secondary N) is 2. The zero-order valence-electron chi connectivity index (χ0n) is 16.4. The number of benzene rings is 3. The van der Waals surface area contributed by atoms with E-state index in [0.717, 1.165) is 16.6 Å². The zero-order chi connectivity index (χ0) is 20.9. The monoisotopic (exact) mass is 399 g/mol. The number of fused-ring (bicyclic) bond motifs is 1. The molecule has 0 aliphatic rings. The largest absolute Gasteiger partial charge is 0.345 e. The van der Waals surface area contributed by atoms with Crippen LogP contribution in [0.1, 0.15) is 28.9 Å². The highest BCUT2D eigenvalue weighted by atomic mass is 16.2. The molecule has 0 bridgehead atoms. The Bertz CT molecular complexity index is 1190. The summed E-state index contributed by atoms with van der Waals surface area (Å²) in [7, 11) is 0. The van der Waals surface area contributed by atoms with Crippen molar-refractivity contribution in [2.75, 3.05) is 5.32 Å². The number of nitrogens with zero attached hydrogens (tertiary/aromatic N) is 3. The molecule has 4 rings (SSSR count). The minimum absolute atomic E-state index is 0.00309. The summed E-state index contributed by atoms with van der Waals surface area (Å²) in [5, 5.41) is 13.9. The summed E-state index contributed by atoms with van der Waals surface area (Å²) in [4.78, 5) is 25.4. The quantitative estimate of drug-likeness (QED) is 0.519. The molecule has 7 heteroatoms. The van der Waals surface area contributed by atoms with E-state index >= 15 is 0 Å². The molecule has 0 saturated carbocycles. The third-order valence-corrected chi connectivity index (χ3v) is 4.81. The standard InChI is InChI=1S/C23H21N5O2/c1-16(17-9-3-2-4-10-17)24-23(30)18-11-5-6-12-19(18)25-22(29)15-28-21-14-8-7-13-20(21)26-27-28/h2-14,16H,15H2,1H3,(H,24,30)(H,25,29)/t16-/m1/s1. The van der Waals surface area contributed by atoms with Gasteiger partial charge >= 0.3 is 0 Å². The van der Waals surface area contributed by atoms with Crippen molar-refractivity contribution < 1.29 is 9.59 Å². The molecule has 7 nitrogen and oxygen atoms in total. The van der Waals surface area contributed by atoms with Crippen LogP contribution in [0, 0.1) is 0 Å². The molecule has 2 N–H and O–H groups in total. The molecule has 0 spiro atoms. The number of hydrogen-bond donors (Lipinski definition) is 2. The molecule has 1 aromatic heterocycles. The van der Waals surface area contributed by atoms with Gasteiger partial charge in [0.05, 0.1) is 22.8 Å². The van der Waals surface area contributed by atoms with E-state index < -0.39 is 0 Å². The molecule has 0 saturated heterocycles. The average Bonchev–Trinajstić information content (AvgIpc) is 3.17. The van der Waals surface area contributed by atoms with Crippen LogP contribution in [0.5, 0.6) is 0 Å². The van der Waals surface area contributed by atoms with Gasteiger partial charge in [0.15, 0.2) is 0 Å². The Labute approximate surface area is 173 Å². The third kappa shape index (κ3) is 4.20. The Kier molecular flexibility index (Phi) is 5.52. The van der Waals surface area contributed by atoms with E-state index in [1.54, 1.807) is 24.3 Å². The number of hydrogen-bond acceptors (Lipinski definition) is 4. The molecular formula is C23H21N5O2. The Morgan fingerprint density at radius 3 is 2.47 bits per heavy atom. The van der Waals surface area contributed by atoms with E-state index in [1.165, 1.54) is 4.68 Å². The molecule has 3 aromatic carbocycles. The summed E-state index contributed by atoms with van der Waals surface area (Å²) in [5.41, 5.74) is 3.35. The fourth-order valence-electron chi connectivity index (χ4n) is 3.25. The van der Waals surface area contributed by atoms with Gasteiger partial charge < -0.3 is 10.6 Å². The van der Waals surface area contributed by atoms with Crippen LogP contribution in [0.2, 0.25) is 0 Å². The molecule has 30 heavy (non-hydrogen) atoms. The first-order valence-electron chi connectivity index (χ1n) is 9.65. The summed E-state index contributed by atoms with van der Waals surface area (Å²) in [5.74, 6) is -0.546. The van der Waals surface area contributed by atoms with Crippen LogP contribution in [0.15, 0.2) is 78.9 Å². The lowest BCUT2D eigenvalue weighted by atomic mass is 10.1. The van der Waals surface area contributed by atoms with Crippen molar-refractivity contribution in [2.45, 2.75) is 19.5 Å². The maximum atomic E-state index is 12.8. The third-order valence-electron chi connectivity index (χ3n) is 4.81. The van der Waals surface area contributed by atoms with E-state index in [4.69, 9.17) is 0 Å². The van der Waals surface area contributed by atoms with Crippen molar-refractivity contribution >= 4 is 28.5 Å². The maximum absolute atomic E-state index is 12.8. The van der Waals surface area contributed by atoms with Crippen LogP contribution in [0.25, 0.3) is 11.0 Å². The summed E-state index contributed by atoms with van der Waals surface area (Å²) in [6, 6.07) is 23.9. The van der Waals surface area contributed by atoms with Crippen molar-refractivity contribution in [1.82, 2.24) is 20.3 Å². The average molecular weight is 399 g/mol. The molecular weight excluding hydrogens is 378 g/mol. The van der Waals surface area contributed by atoms with Gasteiger partial charge in [-0.25, -0.2) is 4.68 Å². The first-order chi connectivity index (χ1) is 14.6. The second-order valence-corrected chi connectivity index (χ2v) is 6.94. The normalized spacial score (nSPS) is 11.8. The molecule has 0 radical (unpaired) electrons. The molecule has 2 amide bonds. The van der Waals surface area contributed by atoms with E-state index in [1.807, 2.05) is 61.5 Å². The maximum Gasteiger partial charge on any atom is 0.253 e. The second-order valence-electron chi connectivity index (χ2n) is 6.94. The van der Waals surface area contributed by atoms with E-state index in [0.29, 0.717) is 11.3 Å². The summed E-state index contributed by atoms with van der Waals surface area (Å²) >= 11 is 0. The van der Waals surface area contributed by atoms with Crippen LogP contribution in [-0.2, 0) is 11.3 Å². The molecule has 4 aromatic rings. The summed E-state index contributed by atoms with van der Waals surface area (Å²) in [6.45, 7) is 1.92. The predicted molar refractivity (Wildman–Crippen MR) is 115 cm³/mol. The van der Waals surface area contributed by atoms with Crippen LogP contribution >= 0.6 is 0 Å². The number of carbonyl (C=O) groups excluding carboxylic acids is 2. The second kappa shape index (κ2) is 8.57. The highest BCUT2D eigenvalue weighted by Gasteiger charge is 2.16. The zero-order valence-corrected chi connectivity index (χ0v) is 16.4. The molecule has 0 fully saturated rings.